The Bertz CT molecular complexity index is 1160. The van der Waals surface area contributed by atoms with Crippen LogP contribution in [0.4, 0.5) is 17.6 Å². The average Bonchev–Trinajstić information content (AvgIpc) is 2.87. The summed E-state index contributed by atoms with van der Waals surface area (Å²) in [6, 6.07) is 12.9. The van der Waals surface area contributed by atoms with Crippen molar-refractivity contribution in [2.24, 2.45) is 5.92 Å². The van der Waals surface area contributed by atoms with Crippen LogP contribution in [-0.2, 0) is 6.42 Å². The first-order valence-corrected chi connectivity index (χ1v) is 12.1. The molecular weight excluding hydrogens is 436 g/mol. The van der Waals surface area contributed by atoms with E-state index in [0.717, 1.165) is 38.5 Å². The Kier molecular flexibility index (Phi) is 7.55. The molecule has 0 amide bonds. The fourth-order valence-corrected chi connectivity index (χ4v) is 5.13. The molecule has 1 aliphatic rings. The fraction of sp³-hybridized carbons (Fsp3) is 0.333. The van der Waals surface area contributed by atoms with Gasteiger partial charge in [-0.05, 0) is 79.0 Å². The van der Waals surface area contributed by atoms with Gasteiger partial charge in [0, 0.05) is 11.1 Å². The van der Waals surface area contributed by atoms with Gasteiger partial charge in [0.05, 0.1) is 0 Å². The fourth-order valence-electron chi connectivity index (χ4n) is 5.13. The molecule has 0 heterocycles. The Morgan fingerprint density at radius 2 is 1.29 bits per heavy atom. The molecule has 4 rings (SSSR count). The summed E-state index contributed by atoms with van der Waals surface area (Å²) in [6.45, 7) is 5.54. The minimum atomic E-state index is -0.895. The second-order valence-electron chi connectivity index (χ2n) is 9.25. The van der Waals surface area contributed by atoms with E-state index in [2.05, 4.69) is 6.58 Å². The molecule has 4 heteroatoms. The van der Waals surface area contributed by atoms with Gasteiger partial charge in [0.1, 0.15) is 0 Å². The number of aryl methyl sites for hydroxylation is 1. The van der Waals surface area contributed by atoms with Gasteiger partial charge in [-0.25, -0.2) is 17.6 Å². The van der Waals surface area contributed by atoms with Crippen molar-refractivity contribution in [3.05, 3.63) is 95.6 Å². The molecule has 3 aromatic rings. The lowest BCUT2D eigenvalue weighted by molar-refractivity contribution is 0.306. The van der Waals surface area contributed by atoms with Crippen LogP contribution < -0.4 is 0 Å². The van der Waals surface area contributed by atoms with Gasteiger partial charge in [0.15, 0.2) is 23.3 Å². The number of hydrogen-bond donors (Lipinski definition) is 0. The molecule has 34 heavy (non-hydrogen) atoms. The lowest BCUT2D eigenvalue weighted by atomic mass is 9.77. The molecule has 178 valence electrons. The van der Waals surface area contributed by atoms with Gasteiger partial charge in [0.2, 0.25) is 0 Å². The molecule has 0 aromatic heterocycles. The highest BCUT2D eigenvalue weighted by molar-refractivity contribution is 5.71. The van der Waals surface area contributed by atoms with Crippen molar-refractivity contribution in [3.63, 3.8) is 0 Å². The van der Waals surface area contributed by atoms with Crippen molar-refractivity contribution in [3.8, 4) is 22.3 Å². The Hall–Kier alpha value is -2.88. The molecule has 0 radical (unpaired) electrons. The number of rotatable bonds is 7. The molecule has 0 N–H and O–H groups in total. The monoisotopic (exact) mass is 466 g/mol. The average molecular weight is 467 g/mol. The number of halogens is 4. The van der Waals surface area contributed by atoms with Crippen molar-refractivity contribution in [1.29, 1.82) is 0 Å². The van der Waals surface area contributed by atoms with Gasteiger partial charge < -0.3 is 0 Å². The molecule has 1 fully saturated rings. The summed E-state index contributed by atoms with van der Waals surface area (Å²) in [4.78, 5) is 0. The van der Waals surface area contributed by atoms with Crippen LogP contribution in [0.5, 0.6) is 0 Å². The Morgan fingerprint density at radius 1 is 0.735 bits per heavy atom. The van der Waals surface area contributed by atoms with E-state index >= 15 is 8.78 Å². The van der Waals surface area contributed by atoms with Crippen molar-refractivity contribution in [2.75, 3.05) is 0 Å². The molecule has 3 aromatic carbocycles. The smallest absolute Gasteiger partial charge is 0.166 e. The maximum Gasteiger partial charge on any atom is 0.166 e. The molecule has 0 bridgehead atoms. The van der Waals surface area contributed by atoms with Crippen LogP contribution in [0, 0.1) is 29.2 Å². The Labute approximate surface area is 199 Å². The summed E-state index contributed by atoms with van der Waals surface area (Å²) < 4.78 is 58.8. The summed E-state index contributed by atoms with van der Waals surface area (Å²) in [5.41, 5.74) is 2.06. The second-order valence-corrected chi connectivity index (χ2v) is 9.25. The molecule has 0 atom stereocenters. The summed E-state index contributed by atoms with van der Waals surface area (Å²) >= 11 is 0. The first kappa shape index (κ1) is 24.3. The van der Waals surface area contributed by atoms with Gasteiger partial charge in [0.25, 0.3) is 0 Å². The standard InChI is InChI=1S/C30H30F4/c1-3-5-6-19-7-9-21(10-8-19)25-17-18-26(30(34)29(25)33)23-13-11-22(12-14-23)24-16-15-20(4-2)27(31)28(24)32/h3,11-19,21H,1,4-10H2,2H3. The number of hydrogen-bond acceptors (Lipinski definition) is 0. The highest BCUT2D eigenvalue weighted by Gasteiger charge is 2.26. The quantitative estimate of drug-likeness (QED) is 0.240. The zero-order valence-corrected chi connectivity index (χ0v) is 19.5. The SMILES string of the molecule is C=CCCC1CCC(c2ccc(-c3ccc(-c4ccc(CC)c(F)c4F)cc3)c(F)c2F)CC1. The predicted octanol–water partition coefficient (Wildman–Crippen LogP) is 9.38. The van der Waals surface area contributed by atoms with Crippen LogP contribution in [0.2, 0.25) is 0 Å². The molecular formula is C30H30F4. The topological polar surface area (TPSA) is 0 Å². The zero-order chi connectivity index (χ0) is 24.2. The minimum Gasteiger partial charge on any atom is -0.203 e. The largest absolute Gasteiger partial charge is 0.203 e. The van der Waals surface area contributed by atoms with E-state index in [1.807, 2.05) is 6.08 Å². The molecule has 0 unspecified atom stereocenters. The molecule has 0 nitrogen and oxygen atoms in total. The van der Waals surface area contributed by atoms with Crippen LogP contribution in [0.3, 0.4) is 0 Å². The van der Waals surface area contributed by atoms with Crippen LogP contribution in [0.15, 0.2) is 61.2 Å². The maximum atomic E-state index is 15.1. The van der Waals surface area contributed by atoms with E-state index in [4.69, 9.17) is 0 Å². The zero-order valence-electron chi connectivity index (χ0n) is 19.5. The van der Waals surface area contributed by atoms with E-state index in [-0.39, 0.29) is 17.0 Å². The highest BCUT2D eigenvalue weighted by atomic mass is 19.2. The summed E-state index contributed by atoms with van der Waals surface area (Å²) in [5, 5.41) is 0. The molecule has 0 saturated heterocycles. The third-order valence-corrected chi connectivity index (χ3v) is 7.23. The van der Waals surface area contributed by atoms with E-state index in [1.165, 1.54) is 0 Å². The van der Waals surface area contributed by atoms with Crippen molar-refractivity contribution in [2.45, 2.75) is 57.8 Å². The first-order valence-electron chi connectivity index (χ1n) is 12.1. The van der Waals surface area contributed by atoms with Crippen LogP contribution in [-0.4, -0.2) is 0 Å². The lowest BCUT2D eigenvalue weighted by Crippen LogP contribution is -2.15. The summed E-state index contributed by atoms with van der Waals surface area (Å²) in [7, 11) is 0. The van der Waals surface area contributed by atoms with E-state index in [1.54, 1.807) is 55.5 Å². The Balaban J connectivity index is 1.54. The van der Waals surface area contributed by atoms with Gasteiger partial charge in [-0.1, -0.05) is 61.5 Å². The molecule has 1 saturated carbocycles. The summed E-state index contributed by atoms with van der Waals surface area (Å²) in [6.07, 6.45) is 8.23. The minimum absolute atomic E-state index is 0.0369. The van der Waals surface area contributed by atoms with Crippen molar-refractivity contribution < 1.29 is 17.6 Å². The number of allylic oxidation sites excluding steroid dienone is 1. The van der Waals surface area contributed by atoms with Crippen molar-refractivity contribution in [1.82, 2.24) is 0 Å². The van der Waals surface area contributed by atoms with Crippen molar-refractivity contribution >= 4 is 0 Å². The normalized spacial score (nSPS) is 18.1. The number of benzene rings is 3. The van der Waals surface area contributed by atoms with Gasteiger partial charge in [-0.3, -0.25) is 0 Å². The van der Waals surface area contributed by atoms with E-state index < -0.39 is 23.3 Å². The van der Waals surface area contributed by atoms with Gasteiger partial charge in [-0.15, -0.1) is 6.58 Å². The van der Waals surface area contributed by atoms with E-state index in [9.17, 15) is 8.78 Å². The third kappa shape index (κ3) is 4.82. The molecule has 0 aliphatic heterocycles. The second kappa shape index (κ2) is 10.6. The van der Waals surface area contributed by atoms with Crippen LogP contribution in [0.25, 0.3) is 22.3 Å². The third-order valence-electron chi connectivity index (χ3n) is 7.23. The van der Waals surface area contributed by atoms with Crippen LogP contribution >= 0.6 is 0 Å². The van der Waals surface area contributed by atoms with E-state index in [0.29, 0.717) is 34.6 Å². The van der Waals surface area contributed by atoms with Crippen LogP contribution in [0.1, 0.15) is 62.5 Å². The maximum absolute atomic E-state index is 15.1. The van der Waals surface area contributed by atoms with Gasteiger partial charge in [-0.2, -0.15) is 0 Å². The molecule has 0 spiro atoms. The summed E-state index contributed by atoms with van der Waals surface area (Å²) in [5.74, 6) is -2.70. The lowest BCUT2D eigenvalue weighted by Gasteiger charge is -2.29. The predicted molar refractivity (Wildman–Crippen MR) is 131 cm³/mol. The molecule has 1 aliphatic carbocycles. The van der Waals surface area contributed by atoms with Gasteiger partial charge >= 0.3 is 0 Å². The highest BCUT2D eigenvalue weighted by Crippen LogP contribution is 2.40. The Morgan fingerprint density at radius 3 is 1.85 bits per heavy atom. The first-order chi connectivity index (χ1) is 16.4.